The summed E-state index contributed by atoms with van der Waals surface area (Å²) in [6, 6.07) is 0. The molecule has 0 atom stereocenters. The summed E-state index contributed by atoms with van der Waals surface area (Å²) < 4.78 is 5.14. The van der Waals surface area contributed by atoms with Crippen LogP contribution in [0, 0.1) is 6.92 Å². The molecule has 0 radical (unpaired) electrons. The molecule has 0 aliphatic carbocycles. The highest BCUT2D eigenvalue weighted by Gasteiger charge is 2.11. The lowest BCUT2D eigenvalue weighted by molar-refractivity contribution is 0.0952. The van der Waals surface area contributed by atoms with Gasteiger partial charge in [-0.05, 0) is 18.5 Å². The molecule has 0 aliphatic rings. The second kappa shape index (κ2) is 5.19. The number of carbonyl (C=O) groups is 1. The van der Waals surface area contributed by atoms with Gasteiger partial charge in [0.05, 0.1) is 0 Å². The van der Waals surface area contributed by atoms with Crippen LogP contribution in [0.3, 0.4) is 0 Å². The van der Waals surface area contributed by atoms with E-state index in [1.165, 1.54) is 0 Å². The quantitative estimate of drug-likeness (QED) is 0.888. The molecule has 0 fully saturated rings. The zero-order chi connectivity index (χ0) is 12.3. The minimum Gasteiger partial charge on any atom is -0.349 e. The zero-order valence-corrected chi connectivity index (χ0v) is 10.4. The topological polar surface area (TPSA) is 93.8 Å². The lowest BCUT2D eigenvalue weighted by atomic mass is 10.4. The summed E-state index contributed by atoms with van der Waals surface area (Å²) in [6.45, 7) is 2.12. The first kappa shape index (κ1) is 11.9. The third-order valence-corrected chi connectivity index (χ3v) is 2.81. The Labute approximate surface area is 105 Å². The number of nitrogens with zero attached hydrogens (tertiary/aromatic N) is 4. The molecule has 90 valence electrons. The number of halogens is 1. The lowest BCUT2D eigenvalue weighted by Crippen LogP contribution is -2.25. The van der Waals surface area contributed by atoms with Crippen LogP contribution in [-0.4, -0.2) is 32.8 Å². The fourth-order valence-electron chi connectivity index (χ4n) is 1.10. The molecule has 17 heavy (non-hydrogen) atoms. The monoisotopic (exact) mass is 273 g/mol. The molecule has 0 spiro atoms. The van der Waals surface area contributed by atoms with Crippen LogP contribution in [0.5, 0.6) is 0 Å². The first-order valence-electron chi connectivity index (χ1n) is 4.71. The SMILES string of the molecule is Cc1noc(CCNC(=O)c2nnc(Cl)s2)n1. The fourth-order valence-corrected chi connectivity index (χ4v) is 1.84. The summed E-state index contributed by atoms with van der Waals surface area (Å²) in [6.07, 6.45) is 0.471. The van der Waals surface area contributed by atoms with Crippen LogP contribution < -0.4 is 5.32 Å². The van der Waals surface area contributed by atoms with Crippen molar-refractivity contribution in [3.63, 3.8) is 0 Å². The van der Waals surface area contributed by atoms with E-state index in [-0.39, 0.29) is 15.4 Å². The van der Waals surface area contributed by atoms with E-state index in [1.54, 1.807) is 6.92 Å². The van der Waals surface area contributed by atoms with Gasteiger partial charge in [-0.1, -0.05) is 16.5 Å². The Morgan fingerprint density at radius 3 is 2.94 bits per heavy atom. The standard InChI is InChI=1S/C8H8ClN5O2S/c1-4-11-5(16-14-4)2-3-10-6(15)7-12-13-8(9)17-7/h2-3H2,1H3,(H,10,15). The molecular formula is C8H8ClN5O2S. The van der Waals surface area contributed by atoms with Gasteiger partial charge in [0, 0.05) is 13.0 Å². The van der Waals surface area contributed by atoms with Crippen LogP contribution >= 0.6 is 22.9 Å². The maximum atomic E-state index is 11.5. The number of carbonyl (C=O) groups excluding carboxylic acids is 1. The Bertz CT molecular complexity index is 525. The van der Waals surface area contributed by atoms with Crippen molar-refractivity contribution in [2.75, 3.05) is 6.54 Å². The van der Waals surface area contributed by atoms with Crippen molar-refractivity contribution in [3.8, 4) is 0 Å². The first-order valence-corrected chi connectivity index (χ1v) is 5.91. The van der Waals surface area contributed by atoms with Gasteiger partial charge in [-0.25, -0.2) is 0 Å². The number of aromatic nitrogens is 4. The number of nitrogens with one attached hydrogen (secondary N) is 1. The van der Waals surface area contributed by atoms with Crippen molar-refractivity contribution in [3.05, 3.63) is 21.2 Å². The molecule has 1 N–H and O–H groups in total. The van der Waals surface area contributed by atoms with E-state index >= 15 is 0 Å². The molecule has 0 saturated heterocycles. The van der Waals surface area contributed by atoms with E-state index in [0.29, 0.717) is 24.7 Å². The Kier molecular flexibility index (Phi) is 3.64. The lowest BCUT2D eigenvalue weighted by Gasteiger charge is -1.98. The zero-order valence-electron chi connectivity index (χ0n) is 8.81. The molecular weight excluding hydrogens is 266 g/mol. The second-order valence-electron chi connectivity index (χ2n) is 3.10. The van der Waals surface area contributed by atoms with E-state index in [2.05, 4.69) is 25.7 Å². The number of aryl methyl sites for hydroxylation is 1. The van der Waals surface area contributed by atoms with Gasteiger partial charge in [0.25, 0.3) is 5.91 Å². The molecule has 2 heterocycles. The molecule has 0 saturated carbocycles. The van der Waals surface area contributed by atoms with Crippen molar-refractivity contribution < 1.29 is 9.32 Å². The minimum atomic E-state index is -0.314. The first-order chi connectivity index (χ1) is 8.15. The van der Waals surface area contributed by atoms with Crippen LogP contribution in [0.2, 0.25) is 4.47 Å². The summed E-state index contributed by atoms with van der Waals surface area (Å²) in [5, 5.41) is 13.7. The van der Waals surface area contributed by atoms with Crippen molar-refractivity contribution >= 4 is 28.8 Å². The van der Waals surface area contributed by atoms with Crippen molar-refractivity contribution in [1.82, 2.24) is 25.7 Å². The highest BCUT2D eigenvalue weighted by Crippen LogP contribution is 2.14. The van der Waals surface area contributed by atoms with Gasteiger partial charge in [-0.15, -0.1) is 10.2 Å². The van der Waals surface area contributed by atoms with Gasteiger partial charge in [0.15, 0.2) is 5.82 Å². The minimum absolute atomic E-state index is 0.233. The van der Waals surface area contributed by atoms with E-state index < -0.39 is 0 Å². The Hall–Kier alpha value is -1.54. The van der Waals surface area contributed by atoms with Gasteiger partial charge in [-0.3, -0.25) is 4.79 Å². The average molecular weight is 274 g/mol. The summed E-state index contributed by atoms with van der Waals surface area (Å²) in [4.78, 5) is 15.5. The van der Waals surface area contributed by atoms with E-state index in [0.717, 1.165) is 11.3 Å². The maximum Gasteiger partial charge on any atom is 0.282 e. The molecule has 7 nitrogen and oxygen atoms in total. The summed E-state index contributed by atoms with van der Waals surface area (Å²) in [7, 11) is 0. The van der Waals surface area contributed by atoms with Crippen molar-refractivity contribution in [2.45, 2.75) is 13.3 Å². The van der Waals surface area contributed by atoms with Crippen LogP contribution in [0.15, 0.2) is 4.52 Å². The highest BCUT2D eigenvalue weighted by atomic mass is 35.5. The largest absolute Gasteiger partial charge is 0.349 e. The Balaban J connectivity index is 1.81. The molecule has 0 aromatic carbocycles. The summed E-state index contributed by atoms with van der Waals surface area (Å²) in [5.74, 6) is 0.742. The van der Waals surface area contributed by atoms with Crippen LogP contribution in [0.25, 0.3) is 0 Å². The van der Waals surface area contributed by atoms with Crippen molar-refractivity contribution in [1.29, 1.82) is 0 Å². The van der Waals surface area contributed by atoms with E-state index in [9.17, 15) is 4.79 Å². The number of hydrogen-bond acceptors (Lipinski definition) is 7. The van der Waals surface area contributed by atoms with Crippen LogP contribution in [0.4, 0.5) is 0 Å². The third-order valence-electron chi connectivity index (χ3n) is 1.79. The molecule has 2 rings (SSSR count). The number of hydrogen-bond donors (Lipinski definition) is 1. The smallest absolute Gasteiger partial charge is 0.282 e. The molecule has 9 heteroatoms. The molecule has 2 aromatic rings. The van der Waals surface area contributed by atoms with Gasteiger partial charge >= 0.3 is 0 Å². The normalized spacial score (nSPS) is 10.5. The van der Waals surface area contributed by atoms with Gasteiger partial charge in [0.2, 0.25) is 15.4 Å². The number of amides is 1. The Morgan fingerprint density at radius 1 is 1.53 bits per heavy atom. The van der Waals surface area contributed by atoms with Crippen LogP contribution in [0.1, 0.15) is 21.5 Å². The second-order valence-corrected chi connectivity index (χ2v) is 4.66. The summed E-state index contributed by atoms with van der Waals surface area (Å²) >= 11 is 6.59. The van der Waals surface area contributed by atoms with Gasteiger partial charge in [-0.2, -0.15) is 4.98 Å². The fraction of sp³-hybridized carbons (Fsp3) is 0.375. The maximum absolute atomic E-state index is 11.5. The molecule has 0 bridgehead atoms. The molecule has 0 unspecified atom stereocenters. The molecule has 1 amide bonds. The van der Waals surface area contributed by atoms with Crippen LogP contribution in [-0.2, 0) is 6.42 Å². The molecule has 2 aromatic heterocycles. The Morgan fingerprint density at radius 2 is 2.35 bits per heavy atom. The number of rotatable bonds is 4. The van der Waals surface area contributed by atoms with E-state index in [1.807, 2.05) is 0 Å². The predicted octanol–water partition coefficient (Wildman–Crippen LogP) is 0.855. The third kappa shape index (κ3) is 3.21. The average Bonchev–Trinajstić information content (AvgIpc) is 2.88. The van der Waals surface area contributed by atoms with Gasteiger partial charge < -0.3 is 9.84 Å². The highest BCUT2D eigenvalue weighted by molar-refractivity contribution is 7.17. The summed E-state index contributed by atoms with van der Waals surface area (Å²) in [5.41, 5.74) is 0. The van der Waals surface area contributed by atoms with E-state index in [4.69, 9.17) is 16.1 Å². The predicted molar refractivity (Wildman–Crippen MR) is 60.0 cm³/mol. The van der Waals surface area contributed by atoms with Gasteiger partial charge in [0.1, 0.15) is 0 Å². The molecule has 0 aliphatic heterocycles. The van der Waals surface area contributed by atoms with Crippen molar-refractivity contribution in [2.24, 2.45) is 0 Å².